The van der Waals surface area contributed by atoms with E-state index in [4.69, 9.17) is 0 Å². The van der Waals surface area contributed by atoms with Gasteiger partial charge in [-0.1, -0.05) is 22.9 Å². The summed E-state index contributed by atoms with van der Waals surface area (Å²) in [4.78, 5) is 12.0. The molecule has 2 unspecified atom stereocenters. The number of hydrogen-bond acceptors (Lipinski definition) is 3. The van der Waals surface area contributed by atoms with E-state index in [9.17, 15) is 13.2 Å². The Balaban J connectivity index is 2.61. The Hall–Kier alpha value is -0.100. The van der Waals surface area contributed by atoms with E-state index in [1.54, 1.807) is 0 Å². The lowest BCUT2D eigenvalue weighted by Crippen LogP contribution is -2.51. The third-order valence-electron chi connectivity index (χ3n) is 3.04. The summed E-state index contributed by atoms with van der Waals surface area (Å²) >= 11 is 3.42. The molecule has 0 aromatic heterocycles. The summed E-state index contributed by atoms with van der Waals surface area (Å²) in [5.74, 6) is -0.408. The molecule has 0 aromatic rings. The van der Waals surface area contributed by atoms with E-state index in [2.05, 4.69) is 21.2 Å². The Morgan fingerprint density at radius 2 is 2.06 bits per heavy atom. The first-order valence-electron chi connectivity index (χ1n) is 5.30. The van der Waals surface area contributed by atoms with Crippen LogP contribution in [-0.4, -0.2) is 36.2 Å². The highest BCUT2D eigenvalue weighted by molar-refractivity contribution is 9.09. The highest BCUT2D eigenvalue weighted by Gasteiger charge is 2.36. The monoisotopic (exact) mass is 311 g/mol. The van der Waals surface area contributed by atoms with Gasteiger partial charge in [-0.15, -0.1) is 0 Å². The largest absolute Gasteiger partial charge is 0.350 e. The summed E-state index contributed by atoms with van der Waals surface area (Å²) in [6.07, 6.45) is 0.445. The molecule has 0 bridgehead atoms. The molecule has 1 N–H and O–H groups in total. The molecule has 2 atom stereocenters. The molecule has 16 heavy (non-hydrogen) atoms. The second kappa shape index (κ2) is 4.64. The lowest BCUT2D eigenvalue weighted by molar-refractivity contribution is -0.125. The lowest BCUT2D eigenvalue weighted by Gasteiger charge is -2.30. The van der Waals surface area contributed by atoms with Gasteiger partial charge in [0.2, 0.25) is 5.91 Å². The van der Waals surface area contributed by atoms with Crippen molar-refractivity contribution >= 4 is 31.7 Å². The average molecular weight is 312 g/mol. The molecule has 1 saturated heterocycles. The number of carbonyl (C=O) groups excluding carboxylic acids is 1. The van der Waals surface area contributed by atoms with Gasteiger partial charge in [0.05, 0.1) is 17.4 Å². The van der Waals surface area contributed by atoms with Crippen LogP contribution in [-0.2, 0) is 14.6 Å². The fourth-order valence-corrected chi connectivity index (χ4v) is 3.38. The van der Waals surface area contributed by atoms with Gasteiger partial charge in [0, 0.05) is 10.4 Å². The van der Waals surface area contributed by atoms with Crippen LogP contribution >= 0.6 is 15.9 Å². The van der Waals surface area contributed by atoms with Crippen molar-refractivity contribution in [2.24, 2.45) is 5.92 Å². The van der Waals surface area contributed by atoms with Crippen LogP contribution in [0.2, 0.25) is 0 Å². The molecule has 1 fully saturated rings. The number of alkyl halides is 1. The number of carbonyl (C=O) groups is 1. The van der Waals surface area contributed by atoms with Crippen LogP contribution in [0.25, 0.3) is 0 Å². The van der Waals surface area contributed by atoms with Crippen molar-refractivity contribution in [3.63, 3.8) is 0 Å². The molecular weight excluding hydrogens is 294 g/mol. The number of nitrogens with one attached hydrogen (secondary N) is 1. The van der Waals surface area contributed by atoms with Crippen LogP contribution < -0.4 is 5.32 Å². The van der Waals surface area contributed by atoms with Crippen molar-refractivity contribution in [2.45, 2.75) is 37.6 Å². The van der Waals surface area contributed by atoms with Gasteiger partial charge in [0.25, 0.3) is 0 Å². The number of amides is 1. The number of rotatable bonds is 3. The zero-order valence-electron chi connectivity index (χ0n) is 9.79. The predicted molar refractivity (Wildman–Crippen MR) is 67.4 cm³/mol. The molecule has 1 heterocycles. The second-order valence-corrected chi connectivity index (χ2v) is 8.53. The highest BCUT2D eigenvalue weighted by atomic mass is 79.9. The normalized spacial score (nSPS) is 26.4. The van der Waals surface area contributed by atoms with Crippen molar-refractivity contribution in [2.75, 3.05) is 11.5 Å². The molecule has 1 aliphatic rings. The molecule has 0 spiro atoms. The number of halogens is 1. The van der Waals surface area contributed by atoms with E-state index < -0.39 is 9.84 Å². The highest BCUT2D eigenvalue weighted by Crippen LogP contribution is 2.22. The molecule has 0 saturated carbocycles. The molecule has 6 heteroatoms. The van der Waals surface area contributed by atoms with Gasteiger partial charge in [-0.3, -0.25) is 4.79 Å². The van der Waals surface area contributed by atoms with E-state index >= 15 is 0 Å². The Bertz CT molecular complexity index is 376. The summed E-state index contributed by atoms with van der Waals surface area (Å²) in [6.45, 7) is 5.77. The molecule has 1 amide bonds. The van der Waals surface area contributed by atoms with Crippen LogP contribution in [0, 0.1) is 5.92 Å². The zero-order chi connectivity index (χ0) is 12.6. The molecule has 0 aliphatic carbocycles. The van der Waals surface area contributed by atoms with Crippen LogP contribution in [0.3, 0.4) is 0 Å². The van der Waals surface area contributed by atoms with Gasteiger partial charge in [-0.05, 0) is 20.3 Å². The summed E-state index contributed by atoms with van der Waals surface area (Å²) in [7, 11) is -2.99. The van der Waals surface area contributed by atoms with Crippen molar-refractivity contribution in [3.05, 3.63) is 0 Å². The summed E-state index contributed by atoms with van der Waals surface area (Å²) in [6, 6.07) is 0. The van der Waals surface area contributed by atoms with E-state index in [0.29, 0.717) is 6.42 Å². The van der Waals surface area contributed by atoms with Gasteiger partial charge in [0.1, 0.15) is 0 Å². The van der Waals surface area contributed by atoms with E-state index in [1.165, 1.54) is 0 Å². The van der Waals surface area contributed by atoms with Gasteiger partial charge < -0.3 is 5.32 Å². The Morgan fingerprint density at radius 3 is 2.44 bits per heavy atom. The van der Waals surface area contributed by atoms with Gasteiger partial charge in [-0.25, -0.2) is 8.42 Å². The first-order chi connectivity index (χ1) is 7.14. The molecule has 0 radical (unpaired) electrons. The molecule has 94 valence electrons. The maximum atomic E-state index is 11.9. The van der Waals surface area contributed by atoms with Crippen molar-refractivity contribution in [3.8, 4) is 0 Å². The fraction of sp³-hybridized carbons (Fsp3) is 0.900. The van der Waals surface area contributed by atoms with Crippen molar-refractivity contribution in [1.29, 1.82) is 0 Å². The summed E-state index contributed by atoms with van der Waals surface area (Å²) in [5.41, 5.74) is -0.372. The minimum atomic E-state index is -2.99. The minimum absolute atomic E-state index is 0.00835. The summed E-state index contributed by atoms with van der Waals surface area (Å²) < 4.78 is 22.5. The predicted octanol–water partition coefficient (Wildman–Crippen LogP) is 1.10. The maximum absolute atomic E-state index is 11.9. The number of hydrogen-bond donors (Lipinski definition) is 1. The molecule has 0 aromatic carbocycles. The van der Waals surface area contributed by atoms with Gasteiger partial charge in [0.15, 0.2) is 9.84 Å². The third-order valence-corrected chi connectivity index (χ3v) is 5.96. The van der Waals surface area contributed by atoms with Crippen LogP contribution in [0.1, 0.15) is 27.2 Å². The lowest BCUT2D eigenvalue weighted by atomic mass is 9.99. The average Bonchev–Trinajstić information content (AvgIpc) is 2.45. The van der Waals surface area contributed by atoms with Gasteiger partial charge >= 0.3 is 0 Å². The molecular formula is C10H18BrNO3S. The quantitative estimate of drug-likeness (QED) is 0.794. The fourth-order valence-electron chi connectivity index (χ4n) is 1.52. The third kappa shape index (κ3) is 3.45. The first kappa shape index (κ1) is 14.0. The molecule has 1 aliphatic heterocycles. The van der Waals surface area contributed by atoms with Gasteiger partial charge in [-0.2, -0.15) is 0 Å². The topological polar surface area (TPSA) is 63.2 Å². The smallest absolute Gasteiger partial charge is 0.224 e. The van der Waals surface area contributed by atoms with E-state index in [-0.39, 0.29) is 33.7 Å². The Labute approximate surface area is 105 Å². The first-order valence-corrected chi connectivity index (χ1v) is 8.04. The summed E-state index contributed by atoms with van der Waals surface area (Å²) in [5, 5.41) is 2.89. The molecule has 1 rings (SSSR count). The van der Waals surface area contributed by atoms with Crippen molar-refractivity contribution in [1.82, 2.24) is 5.32 Å². The van der Waals surface area contributed by atoms with Crippen LogP contribution in [0.4, 0.5) is 0 Å². The number of sulfone groups is 1. The van der Waals surface area contributed by atoms with Crippen LogP contribution in [0.15, 0.2) is 0 Å². The standard InChI is InChI=1S/C10H18BrNO3S/c1-7(11)10(2,3)12-9(13)8-4-5-16(14,15)6-8/h7-8H,4-6H2,1-3H3,(H,12,13). The van der Waals surface area contributed by atoms with E-state index in [1.807, 2.05) is 20.8 Å². The maximum Gasteiger partial charge on any atom is 0.224 e. The molecule has 4 nitrogen and oxygen atoms in total. The SMILES string of the molecule is CC(Br)C(C)(C)NC(=O)C1CCS(=O)(=O)C1. The Kier molecular flexibility index (Phi) is 4.05. The van der Waals surface area contributed by atoms with Crippen molar-refractivity contribution < 1.29 is 13.2 Å². The Morgan fingerprint density at radius 1 is 1.50 bits per heavy atom. The zero-order valence-corrected chi connectivity index (χ0v) is 12.2. The van der Waals surface area contributed by atoms with E-state index in [0.717, 1.165) is 0 Å². The second-order valence-electron chi connectivity index (χ2n) is 4.93. The minimum Gasteiger partial charge on any atom is -0.350 e. The van der Waals surface area contributed by atoms with Crippen LogP contribution in [0.5, 0.6) is 0 Å².